The molecular formula is C19H14FN3OS2. The van der Waals surface area contributed by atoms with E-state index >= 15 is 0 Å². The van der Waals surface area contributed by atoms with Gasteiger partial charge in [-0.25, -0.2) is 14.4 Å². The minimum Gasteiger partial charge on any atom is -0.309 e. The van der Waals surface area contributed by atoms with Crippen molar-refractivity contribution < 1.29 is 4.39 Å². The van der Waals surface area contributed by atoms with Gasteiger partial charge < -0.3 is 4.98 Å². The van der Waals surface area contributed by atoms with E-state index in [2.05, 4.69) is 15.0 Å². The summed E-state index contributed by atoms with van der Waals surface area (Å²) in [7, 11) is 0. The van der Waals surface area contributed by atoms with E-state index in [9.17, 15) is 9.18 Å². The monoisotopic (exact) mass is 383 g/mol. The third-order valence-electron chi connectivity index (χ3n) is 3.94. The zero-order valence-corrected chi connectivity index (χ0v) is 15.5. The number of aromatic nitrogens is 3. The molecule has 0 atom stereocenters. The number of hydrogen-bond acceptors (Lipinski definition) is 5. The molecule has 7 heteroatoms. The Balaban J connectivity index is 1.54. The van der Waals surface area contributed by atoms with Crippen LogP contribution >= 0.6 is 23.1 Å². The van der Waals surface area contributed by atoms with Crippen molar-refractivity contribution >= 4 is 34.0 Å². The van der Waals surface area contributed by atoms with E-state index in [0.29, 0.717) is 17.0 Å². The normalized spacial score (nSPS) is 11.2. The number of H-pyrrole nitrogens is 1. The number of thiazole rings is 1. The SMILES string of the molecule is Cc1cccc2c(=O)[nH]c(CSc3nc(-c4ccc(F)cc4)cs3)nc12. The van der Waals surface area contributed by atoms with Gasteiger partial charge in [0.25, 0.3) is 5.56 Å². The summed E-state index contributed by atoms with van der Waals surface area (Å²) >= 11 is 3.03. The van der Waals surface area contributed by atoms with Gasteiger partial charge in [0.15, 0.2) is 4.34 Å². The highest BCUT2D eigenvalue weighted by molar-refractivity contribution is 8.00. The molecule has 0 radical (unpaired) electrons. The summed E-state index contributed by atoms with van der Waals surface area (Å²) in [6.45, 7) is 1.95. The molecule has 0 spiro atoms. The third-order valence-corrected chi connectivity index (χ3v) is 5.97. The number of aromatic amines is 1. The van der Waals surface area contributed by atoms with Crippen LogP contribution < -0.4 is 5.56 Å². The number of hydrogen-bond donors (Lipinski definition) is 1. The number of aryl methyl sites for hydroxylation is 1. The maximum Gasteiger partial charge on any atom is 0.258 e. The van der Waals surface area contributed by atoms with Gasteiger partial charge in [0, 0.05) is 10.9 Å². The Labute approximate surface area is 157 Å². The molecule has 0 fully saturated rings. The number of para-hydroxylation sites is 1. The molecule has 2 aromatic heterocycles. The lowest BCUT2D eigenvalue weighted by atomic mass is 10.1. The Bertz CT molecular complexity index is 1140. The summed E-state index contributed by atoms with van der Waals surface area (Å²) in [5, 5.41) is 2.54. The molecule has 4 aromatic rings. The minimum atomic E-state index is -0.264. The number of fused-ring (bicyclic) bond motifs is 1. The van der Waals surface area contributed by atoms with Crippen molar-refractivity contribution in [1.29, 1.82) is 0 Å². The molecule has 0 aliphatic heterocycles. The van der Waals surface area contributed by atoms with Crippen LogP contribution in [0, 0.1) is 12.7 Å². The molecule has 4 nitrogen and oxygen atoms in total. The average molecular weight is 383 g/mol. The van der Waals surface area contributed by atoms with Gasteiger partial charge in [0.05, 0.1) is 22.3 Å². The van der Waals surface area contributed by atoms with Crippen molar-refractivity contribution in [2.75, 3.05) is 0 Å². The minimum absolute atomic E-state index is 0.125. The van der Waals surface area contributed by atoms with Gasteiger partial charge in [0.1, 0.15) is 11.6 Å². The van der Waals surface area contributed by atoms with Gasteiger partial charge in [-0.1, -0.05) is 23.9 Å². The molecule has 1 N–H and O–H groups in total. The Hall–Kier alpha value is -2.51. The van der Waals surface area contributed by atoms with Crippen LogP contribution in [0.25, 0.3) is 22.2 Å². The first-order valence-electron chi connectivity index (χ1n) is 7.93. The van der Waals surface area contributed by atoms with Gasteiger partial charge in [0.2, 0.25) is 0 Å². The van der Waals surface area contributed by atoms with Gasteiger partial charge in [-0.2, -0.15) is 0 Å². The van der Waals surface area contributed by atoms with Crippen LogP contribution in [0.15, 0.2) is 57.0 Å². The second-order valence-electron chi connectivity index (χ2n) is 5.78. The predicted molar refractivity (Wildman–Crippen MR) is 104 cm³/mol. The number of nitrogens with zero attached hydrogens (tertiary/aromatic N) is 2. The summed E-state index contributed by atoms with van der Waals surface area (Å²) in [4.78, 5) is 24.2. The lowest BCUT2D eigenvalue weighted by Gasteiger charge is -2.04. The van der Waals surface area contributed by atoms with E-state index in [1.165, 1.54) is 35.2 Å². The van der Waals surface area contributed by atoms with Gasteiger partial charge in [-0.15, -0.1) is 11.3 Å². The number of benzene rings is 2. The Kier molecular flexibility index (Phi) is 4.57. The highest BCUT2D eigenvalue weighted by atomic mass is 32.2. The van der Waals surface area contributed by atoms with Crippen LogP contribution in [-0.2, 0) is 5.75 Å². The fourth-order valence-electron chi connectivity index (χ4n) is 2.63. The molecule has 2 aromatic carbocycles. The van der Waals surface area contributed by atoms with Crippen molar-refractivity contribution in [2.24, 2.45) is 0 Å². The Morgan fingerprint density at radius 3 is 2.77 bits per heavy atom. The van der Waals surface area contributed by atoms with Crippen molar-refractivity contribution in [3.05, 3.63) is 75.4 Å². The molecule has 0 saturated carbocycles. The predicted octanol–water partition coefficient (Wildman–Crippen LogP) is 4.79. The van der Waals surface area contributed by atoms with Crippen molar-refractivity contribution in [2.45, 2.75) is 17.0 Å². The highest BCUT2D eigenvalue weighted by Gasteiger charge is 2.09. The Morgan fingerprint density at radius 2 is 1.96 bits per heavy atom. The molecular weight excluding hydrogens is 369 g/mol. The number of nitrogens with one attached hydrogen (secondary N) is 1. The molecule has 0 aliphatic carbocycles. The maximum atomic E-state index is 13.0. The topological polar surface area (TPSA) is 58.6 Å². The van der Waals surface area contributed by atoms with Crippen LogP contribution in [0.2, 0.25) is 0 Å². The van der Waals surface area contributed by atoms with Crippen LogP contribution in [0.5, 0.6) is 0 Å². The first kappa shape index (κ1) is 16.9. The molecule has 4 rings (SSSR count). The quantitative estimate of drug-likeness (QED) is 0.515. The summed E-state index contributed by atoms with van der Waals surface area (Å²) < 4.78 is 13.9. The Morgan fingerprint density at radius 1 is 1.15 bits per heavy atom. The van der Waals surface area contributed by atoms with Crippen LogP contribution in [-0.4, -0.2) is 15.0 Å². The second kappa shape index (κ2) is 7.01. The fourth-order valence-corrected chi connectivity index (χ4v) is 4.33. The standard InChI is InChI=1S/C19H14FN3OS2/c1-11-3-2-4-14-17(11)22-16(23-18(14)24)10-26-19-21-15(9-25-19)12-5-7-13(20)8-6-12/h2-9H,10H2,1H3,(H,22,23,24). The van der Waals surface area contributed by atoms with Crippen molar-refractivity contribution in [3.63, 3.8) is 0 Å². The number of thioether (sulfide) groups is 1. The van der Waals surface area contributed by atoms with E-state index in [1.807, 2.05) is 24.4 Å². The molecule has 0 bridgehead atoms. The fraction of sp³-hybridized carbons (Fsp3) is 0.105. The lowest BCUT2D eigenvalue weighted by molar-refractivity contribution is 0.628. The summed E-state index contributed by atoms with van der Waals surface area (Å²) in [6, 6.07) is 11.9. The van der Waals surface area contributed by atoms with E-state index in [4.69, 9.17) is 0 Å². The maximum absolute atomic E-state index is 13.0. The van der Waals surface area contributed by atoms with E-state index < -0.39 is 0 Å². The second-order valence-corrected chi connectivity index (χ2v) is 7.86. The van der Waals surface area contributed by atoms with Gasteiger partial charge >= 0.3 is 0 Å². The van der Waals surface area contributed by atoms with Crippen molar-refractivity contribution in [3.8, 4) is 11.3 Å². The largest absolute Gasteiger partial charge is 0.309 e. The summed E-state index contributed by atoms with van der Waals surface area (Å²) in [6.07, 6.45) is 0. The zero-order valence-electron chi connectivity index (χ0n) is 13.8. The third kappa shape index (κ3) is 3.40. The molecule has 0 saturated heterocycles. The van der Waals surface area contributed by atoms with Crippen LogP contribution in [0.3, 0.4) is 0 Å². The number of rotatable bonds is 4. The molecule has 0 unspecified atom stereocenters. The number of halogens is 1. The van der Waals surface area contributed by atoms with Crippen LogP contribution in [0.4, 0.5) is 4.39 Å². The zero-order chi connectivity index (χ0) is 18.1. The van der Waals surface area contributed by atoms with Crippen LogP contribution in [0.1, 0.15) is 11.4 Å². The average Bonchev–Trinajstić information content (AvgIpc) is 3.10. The van der Waals surface area contributed by atoms with E-state index in [0.717, 1.165) is 26.7 Å². The highest BCUT2D eigenvalue weighted by Crippen LogP contribution is 2.30. The lowest BCUT2D eigenvalue weighted by Crippen LogP contribution is -2.11. The van der Waals surface area contributed by atoms with E-state index in [1.54, 1.807) is 18.2 Å². The first-order chi connectivity index (χ1) is 12.6. The molecule has 0 amide bonds. The summed E-state index contributed by atoms with van der Waals surface area (Å²) in [5.74, 6) is 0.885. The molecule has 2 heterocycles. The first-order valence-corrected chi connectivity index (χ1v) is 9.79. The summed E-state index contributed by atoms with van der Waals surface area (Å²) in [5.41, 5.74) is 3.28. The van der Waals surface area contributed by atoms with Gasteiger partial charge in [-0.3, -0.25) is 4.79 Å². The smallest absolute Gasteiger partial charge is 0.258 e. The molecule has 26 heavy (non-hydrogen) atoms. The van der Waals surface area contributed by atoms with Crippen molar-refractivity contribution in [1.82, 2.24) is 15.0 Å². The van der Waals surface area contributed by atoms with Gasteiger partial charge in [-0.05, 0) is 42.8 Å². The molecule has 130 valence electrons. The van der Waals surface area contributed by atoms with E-state index in [-0.39, 0.29) is 11.4 Å². The molecule has 0 aliphatic rings.